The summed E-state index contributed by atoms with van der Waals surface area (Å²) in [5, 5.41) is 2.94. The number of rotatable bonds is 3. The summed E-state index contributed by atoms with van der Waals surface area (Å²) in [4.78, 5) is 12.1. The fourth-order valence-electron chi connectivity index (χ4n) is 2.87. The van der Waals surface area contributed by atoms with Crippen LogP contribution < -0.4 is 5.32 Å². The minimum absolute atomic E-state index is 0.169. The van der Waals surface area contributed by atoms with Crippen LogP contribution in [0.15, 0.2) is 42.5 Å². The molecule has 2 nitrogen and oxygen atoms in total. The number of hydrogen-bond donors (Lipinski definition) is 1. The molecule has 0 saturated heterocycles. The lowest BCUT2D eigenvalue weighted by Crippen LogP contribution is -2.15. The van der Waals surface area contributed by atoms with E-state index in [1.165, 1.54) is 23.3 Å². The lowest BCUT2D eigenvalue weighted by atomic mass is 9.97. The van der Waals surface area contributed by atoms with Crippen LogP contribution in [-0.4, -0.2) is 5.91 Å². The van der Waals surface area contributed by atoms with E-state index >= 15 is 0 Å². The molecular formula is C17H15ClFNO. The van der Waals surface area contributed by atoms with E-state index in [1.807, 2.05) is 12.1 Å². The molecule has 3 rings (SSSR count). The molecule has 0 aromatic heterocycles. The molecule has 2 aromatic carbocycles. The quantitative estimate of drug-likeness (QED) is 0.886. The van der Waals surface area contributed by atoms with Crippen LogP contribution in [0.1, 0.15) is 29.9 Å². The van der Waals surface area contributed by atoms with Gasteiger partial charge in [-0.05, 0) is 48.1 Å². The molecule has 1 N–H and O–H groups in total. The molecule has 0 saturated carbocycles. The van der Waals surface area contributed by atoms with Gasteiger partial charge < -0.3 is 5.32 Å². The second-order valence-corrected chi connectivity index (χ2v) is 5.75. The van der Waals surface area contributed by atoms with Crippen molar-refractivity contribution in [2.75, 3.05) is 5.32 Å². The van der Waals surface area contributed by atoms with Gasteiger partial charge >= 0.3 is 0 Å². The Morgan fingerprint density at radius 2 is 2.10 bits per heavy atom. The van der Waals surface area contributed by atoms with Crippen LogP contribution in [0, 0.1) is 5.82 Å². The number of carbonyl (C=O) groups is 1. The summed E-state index contributed by atoms with van der Waals surface area (Å²) in [7, 11) is 0. The van der Waals surface area contributed by atoms with Gasteiger partial charge in [-0.1, -0.05) is 35.9 Å². The SMILES string of the molecule is O=C(CC1CCc2ccccc21)Nc1ccc(Cl)cc1F. The van der Waals surface area contributed by atoms with Gasteiger partial charge in [-0.25, -0.2) is 4.39 Å². The smallest absolute Gasteiger partial charge is 0.225 e. The zero-order chi connectivity index (χ0) is 14.8. The Balaban J connectivity index is 1.68. The zero-order valence-corrected chi connectivity index (χ0v) is 12.2. The molecule has 1 amide bonds. The highest BCUT2D eigenvalue weighted by Crippen LogP contribution is 2.35. The van der Waals surface area contributed by atoms with Crippen molar-refractivity contribution in [1.29, 1.82) is 0 Å². The highest BCUT2D eigenvalue weighted by molar-refractivity contribution is 6.30. The topological polar surface area (TPSA) is 29.1 Å². The van der Waals surface area contributed by atoms with Crippen molar-refractivity contribution in [2.24, 2.45) is 0 Å². The van der Waals surface area contributed by atoms with Crippen molar-refractivity contribution in [2.45, 2.75) is 25.2 Å². The predicted octanol–water partition coefficient (Wildman–Crippen LogP) is 4.54. The van der Waals surface area contributed by atoms with E-state index in [9.17, 15) is 9.18 Å². The summed E-state index contributed by atoms with van der Waals surface area (Å²) in [6, 6.07) is 12.4. The second kappa shape index (κ2) is 5.86. The summed E-state index contributed by atoms with van der Waals surface area (Å²) >= 11 is 5.69. The molecule has 4 heteroatoms. The molecule has 0 fully saturated rings. The van der Waals surface area contributed by atoms with Crippen molar-refractivity contribution < 1.29 is 9.18 Å². The van der Waals surface area contributed by atoms with E-state index in [2.05, 4.69) is 17.4 Å². The van der Waals surface area contributed by atoms with Gasteiger partial charge in [0.15, 0.2) is 0 Å². The van der Waals surface area contributed by atoms with Crippen LogP contribution >= 0.6 is 11.6 Å². The molecule has 0 heterocycles. The van der Waals surface area contributed by atoms with Crippen LogP contribution in [0.2, 0.25) is 5.02 Å². The summed E-state index contributed by atoms with van der Waals surface area (Å²) in [5.74, 6) is -0.461. The first kappa shape index (κ1) is 14.1. The van der Waals surface area contributed by atoms with E-state index in [0.29, 0.717) is 11.4 Å². The van der Waals surface area contributed by atoms with Gasteiger partial charge in [-0.2, -0.15) is 0 Å². The maximum Gasteiger partial charge on any atom is 0.225 e. The lowest BCUT2D eigenvalue weighted by molar-refractivity contribution is -0.116. The van der Waals surface area contributed by atoms with E-state index < -0.39 is 5.82 Å². The number of fused-ring (bicyclic) bond motifs is 1. The Kier molecular flexibility index (Phi) is 3.93. The predicted molar refractivity (Wildman–Crippen MR) is 82.2 cm³/mol. The lowest BCUT2D eigenvalue weighted by Gasteiger charge is -2.12. The van der Waals surface area contributed by atoms with Crippen LogP contribution in [-0.2, 0) is 11.2 Å². The Bertz CT molecular complexity index is 686. The Labute approximate surface area is 127 Å². The molecule has 1 atom stereocenters. The number of aryl methyl sites for hydroxylation is 1. The Morgan fingerprint density at radius 1 is 1.29 bits per heavy atom. The molecule has 1 aliphatic rings. The second-order valence-electron chi connectivity index (χ2n) is 5.31. The largest absolute Gasteiger partial charge is 0.324 e. The number of hydrogen-bond acceptors (Lipinski definition) is 1. The first-order chi connectivity index (χ1) is 10.1. The van der Waals surface area contributed by atoms with Gasteiger partial charge in [0, 0.05) is 11.4 Å². The highest BCUT2D eigenvalue weighted by atomic mass is 35.5. The molecule has 0 aliphatic heterocycles. The minimum Gasteiger partial charge on any atom is -0.324 e. The van der Waals surface area contributed by atoms with Crippen molar-refractivity contribution >= 4 is 23.2 Å². The van der Waals surface area contributed by atoms with Gasteiger partial charge in [0.1, 0.15) is 5.82 Å². The van der Waals surface area contributed by atoms with Crippen LogP contribution in [0.3, 0.4) is 0 Å². The van der Waals surface area contributed by atoms with Crippen LogP contribution in [0.25, 0.3) is 0 Å². The molecule has 2 aromatic rings. The van der Waals surface area contributed by atoms with E-state index in [4.69, 9.17) is 11.6 Å². The average molecular weight is 304 g/mol. The average Bonchev–Trinajstić information content (AvgIpc) is 2.85. The third-order valence-corrected chi connectivity index (χ3v) is 4.13. The van der Waals surface area contributed by atoms with Crippen molar-refractivity contribution in [3.63, 3.8) is 0 Å². The third-order valence-electron chi connectivity index (χ3n) is 3.89. The first-order valence-electron chi connectivity index (χ1n) is 6.96. The molecule has 1 unspecified atom stereocenters. The van der Waals surface area contributed by atoms with Crippen molar-refractivity contribution in [1.82, 2.24) is 0 Å². The summed E-state index contributed by atoms with van der Waals surface area (Å²) in [6.45, 7) is 0. The fraction of sp³-hybridized carbons (Fsp3) is 0.235. The summed E-state index contributed by atoms with van der Waals surface area (Å²) in [6.07, 6.45) is 2.35. The molecule has 0 radical (unpaired) electrons. The van der Waals surface area contributed by atoms with Gasteiger partial charge in [-0.15, -0.1) is 0 Å². The molecular weight excluding hydrogens is 289 g/mol. The molecule has 1 aliphatic carbocycles. The standard InChI is InChI=1S/C17H15ClFNO/c18-13-7-8-16(15(19)10-13)20-17(21)9-12-6-5-11-3-1-2-4-14(11)12/h1-4,7-8,10,12H,5-6,9H2,(H,20,21). The maximum absolute atomic E-state index is 13.7. The zero-order valence-electron chi connectivity index (χ0n) is 11.4. The van der Waals surface area contributed by atoms with E-state index in [0.717, 1.165) is 12.8 Å². The number of anilines is 1. The Hall–Kier alpha value is -1.87. The van der Waals surface area contributed by atoms with Crippen LogP contribution in [0.4, 0.5) is 10.1 Å². The highest BCUT2D eigenvalue weighted by Gasteiger charge is 2.24. The molecule has 0 bridgehead atoms. The minimum atomic E-state index is -0.511. The van der Waals surface area contributed by atoms with E-state index in [1.54, 1.807) is 6.07 Å². The first-order valence-corrected chi connectivity index (χ1v) is 7.34. The number of nitrogens with one attached hydrogen (secondary N) is 1. The number of benzene rings is 2. The summed E-state index contributed by atoms with van der Waals surface area (Å²) in [5.41, 5.74) is 2.73. The van der Waals surface area contributed by atoms with Gasteiger partial charge in [-0.3, -0.25) is 4.79 Å². The van der Waals surface area contributed by atoms with Crippen LogP contribution in [0.5, 0.6) is 0 Å². The Morgan fingerprint density at radius 3 is 2.90 bits per heavy atom. The van der Waals surface area contributed by atoms with Gasteiger partial charge in [0.2, 0.25) is 5.91 Å². The molecule has 21 heavy (non-hydrogen) atoms. The fourth-order valence-corrected chi connectivity index (χ4v) is 3.03. The number of halogens is 2. The normalized spacial score (nSPS) is 16.6. The molecule has 0 spiro atoms. The monoisotopic (exact) mass is 303 g/mol. The van der Waals surface area contributed by atoms with Gasteiger partial charge in [0.05, 0.1) is 5.69 Å². The van der Waals surface area contributed by atoms with Crippen molar-refractivity contribution in [3.8, 4) is 0 Å². The van der Waals surface area contributed by atoms with Gasteiger partial charge in [0.25, 0.3) is 0 Å². The molecule has 108 valence electrons. The number of amides is 1. The third kappa shape index (κ3) is 3.08. The van der Waals surface area contributed by atoms with Crippen molar-refractivity contribution in [3.05, 3.63) is 64.4 Å². The summed E-state index contributed by atoms with van der Waals surface area (Å²) < 4.78 is 13.7. The maximum atomic E-state index is 13.7. The van der Waals surface area contributed by atoms with E-state index in [-0.39, 0.29) is 17.5 Å². The number of carbonyl (C=O) groups excluding carboxylic acids is 1.